The highest BCUT2D eigenvalue weighted by Crippen LogP contribution is 2.33. The van der Waals surface area contributed by atoms with Gasteiger partial charge < -0.3 is 14.8 Å². The van der Waals surface area contributed by atoms with E-state index in [0.29, 0.717) is 0 Å². The third-order valence-corrected chi connectivity index (χ3v) is 5.93. The molecular formula is C20H29N2O2S+. The Labute approximate surface area is 154 Å². The van der Waals surface area contributed by atoms with Crippen LogP contribution in [0.2, 0.25) is 0 Å². The van der Waals surface area contributed by atoms with Crippen molar-refractivity contribution in [2.75, 3.05) is 14.2 Å². The molecule has 0 aliphatic heterocycles. The minimum Gasteiger partial charge on any atom is -0.493 e. The van der Waals surface area contributed by atoms with Crippen LogP contribution in [-0.4, -0.2) is 25.2 Å². The number of nitrogens with two attached hydrogens (primary N) is 1. The molecule has 0 radical (unpaired) electrons. The van der Waals surface area contributed by atoms with Gasteiger partial charge in [0.15, 0.2) is 11.5 Å². The average molecular weight is 362 g/mol. The number of methoxy groups -OCH3 is 2. The summed E-state index contributed by atoms with van der Waals surface area (Å²) in [4.78, 5) is 4.83. The Morgan fingerprint density at radius 1 is 1.04 bits per heavy atom. The van der Waals surface area contributed by atoms with Crippen LogP contribution in [0.3, 0.4) is 0 Å². The molecule has 1 aliphatic rings. The summed E-state index contributed by atoms with van der Waals surface area (Å²) in [5.41, 5.74) is 2.26. The molecule has 136 valence electrons. The van der Waals surface area contributed by atoms with Crippen LogP contribution >= 0.6 is 11.3 Å². The van der Waals surface area contributed by atoms with Gasteiger partial charge in [0.25, 0.3) is 0 Å². The van der Waals surface area contributed by atoms with Crippen LogP contribution < -0.4 is 14.8 Å². The third-order valence-electron chi connectivity index (χ3n) is 4.99. The highest BCUT2D eigenvalue weighted by atomic mass is 32.1. The molecule has 0 amide bonds. The van der Waals surface area contributed by atoms with Gasteiger partial charge in [-0.3, -0.25) is 0 Å². The largest absolute Gasteiger partial charge is 0.493 e. The first-order valence-corrected chi connectivity index (χ1v) is 10.2. The maximum absolute atomic E-state index is 5.40. The summed E-state index contributed by atoms with van der Waals surface area (Å²) < 4.78 is 10.7. The first kappa shape index (κ1) is 18.2. The second-order valence-electron chi connectivity index (χ2n) is 6.76. The van der Waals surface area contributed by atoms with Gasteiger partial charge in [0.2, 0.25) is 0 Å². The van der Waals surface area contributed by atoms with Crippen LogP contribution in [0.15, 0.2) is 23.6 Å². The molecule has 0 atom stereocenters. The fraction of sp³-hybridized carbons (Fsp3) is 0.550. The first-order chi connectivity index (χ1) is 12.3. The Balaban J connectivity index is 1.62. The summed E-state index contributed by atoms with van der Waals surface area (Å²) >= 11 is 1.70. The van der Waals surface area contributed by atoms with Crippen molar-refractivity contribution < 1.29 is 14.8 Å². The zero-order valence-electron chi connectivity index (χ0n) is 15.3. The molecule has 1 aromatic carbocycles. The van der Waals surface area contributed by atoms with Crippen LogP contribution in [0.5, 0.6) is 11.5 Å². The number of ether oxygens (including phenoxy) is 2. The molecule has 1 saturated carbocycles. The van der Waals surface area contributed by atoms with Crippen molar-refractivity contribution in [1.82, 2.24) is 4.98 Å². The van der Waals surface area contributed by atoms with Crippen molar-refractivity contribution in [2.45, 2.75) is 57.5 Å². The Morgan fingerprint density at radius 2 is 1.76 bits per heavy atom. The van der Waals surface area contributed by atoms with Gasteiger partial charge >= 0.3 is 0 Å². The minimum atomic E-state index is 0.748. The molecule has 3 rings (SSSR count). The molecule has 25 heavy (non-hydrogen) atoms. The zero-order chi connectivity index (χ0) is 17.5. The normalized spacial score (nSPS) is 16.2. The Bertz CT molecular complexity index is 663. The van der Waals surface area contributed by atoms with E-state index < -0.39 is 0 Å². The number of rotatable bonds is 6. The van der Waals surface area contributed by atoms with Crippen LogP contribution in [-0.2, 0) is 6.54 Å². The summed E-state index contributed by atoms with van der Waals surface area (Å²) in [5, 5.41) is 5.73. The second kappa shape index (κ2) is 9.20. The van der Waals surface area contributed by atoms with Gasteiger partial charge in [-0.2, -0.15) is 0 Å². The van der Waals surface area contributed by atoms with E-state index in [9.17, 15) is 0 Å². The van der Waals surface area contributed by atoms with E-state index >= 15 is 0 Å². The van der Waals surface area contributed by atoms with Crippen molar-refractivity contribution in [3.63, 3.8) is 0 Å². The molecular weight excluding hydrogens is 332 g/mol. The fourth-order valence-corrected chi connectivity index (χ4v) is 4.34. The second-order valence-corrected chi connectivity index (χ2v) is 7.62. The molecule has 1 aromatic heterocycles. The highest BCUT2D eigenvalue weighted by Gasteiger charge is 2.15. The van der Waals surface area contributed by atoms with Gasteiger partial charge in [0, 0.05) is 10.9 Å². The lowest BCUT2D eigenvalue weighted by Crippen LogP contribution is -2.88. The molecule has 1 heterocycles. The summed E-state index contributed by atoms with van der Waals surface area (Å²) in [5.74, 6) is 1.50. The number of benzene rings is 1. The van der Waals surface area contributed by atoms with E-state index in [1.807, 2.05) is 18.2 Å². The van der Waals surface area contributed by atoms with E-state index in [1.165, 1.54) is 50.6 Å². The van der Waals surface area contributed by atoms with Crippen molar-refractivity contribution >= 4 is 11.3 Å². The molecule has 1 fully saturated rings. The monoisotopic (exact) mass is 361 g/mol. The molecule has 0 bridgehead atoms. The Hall–Kier alpha value is -1.59. The topological polar surface area (TPSA) is 48.0 Å². The number of aromatic nitrogens is 1. The van der Waals surface area contributed by atoms with Gasteiger partial charge in [-0.05, 0) is 43.9 Å². The summed E-state index contributed by atoms with van der Waals surface area (Å²) in [6.07, 6.45) is 9.71. The molecule has 2 aromatic rings. The molecule has 0 saturated heterocycles. The lowest BCUT2D eigenvalue weighted by molar-refractivity contribution is -0.706. The summed E-state index contributed by atoms with van der Waals surface area (Å²) in [6, 6.07) is 6.75. The van der Waals surface area contributed by atoms with Crippen molar-refractivity contribution in [3.05, 3.63) is 29.3 Å². The predicted octanol–water partition coefficient (Wildman–Crippen LogP) is 4.00. The van der Waals surface area contributed by atoms with Gasteiger partial charge in [0.1, 0.15) is 17.2 Å². The van der Waals surface area contributed by atoms with E-state index in [-0.39, 0.29) is 0 Å². The smallest absolute Gasteiger partial charge is 0.161 e. The quantitative estimate of drug-likeness (QED) is 0.846. The third kappa shape index (κ3) is 4.95. The van der Waals surface area contributed by atoms with Crippen LogP contribution in [0.1, 0.15) is 50.6 Å². The van der Waals surface area contributed by atoms with Crippen LogP contribution in [0.25, 0.3) is 10.6 Å². The minimum absolute atomic E-state index is 0.748. The molecule has 2 N–H and O–H groups in total. The van der Waals surface area contributed by atoms with E-state index in [0.717, 1.165) is 34.7 Å². The van der Waals surface area contributed by atoms with Gasteiger partial charge in [-0.1, -0.05) is 19.3 Å². The number of hydrogen-bond donors (Lipinski definition) is 1. The van der Waals surface area contributed by atoms with E-state index in [2.05, 4.69) is 10.7 Å². The van der Waals surface area contributed by atoms with E-state index in [4.69, 9.17) is 14.5 Å². The standard InChI is InChI=1S/C20H28N2O2S/c1-23-18-11-10-15(12-19(18)24-2)20-22-17(14-25-20)13-21-16-8-6-4-3-5-7-9-16/h10-12,14,16,21H,3-9,13H2,1-2H3/p+1. The van der Waals surface area contributed by atoms with Crippen molar-refractivity contribution in [3.8, 4) is 22.1 Å². The van der Waals surface area contributed by atoms with Crippen molar-refractivity contribution in [1.29, 1.82) is 0 Å². The lowest BCUT2D eigenvalue weighted by Gasteiger charge is -2.17. The predicted molar refractivity (Wildman–Crippen MR) is 102 cm³/mol. The van der Waals surface area contributed by atoms with Crippen molar-refractivity contribution in [2.24, 2.45) is 0 Å². The Morgan fingerprint density at radius 3 is 2.48 bits per heavy atom. The molecule has 5 heteroatoms. The van der Waals surface area contributed by atoms with Gasteiger partial charge in [-0.15, -0.1) is 11.3 Å². The maximum atomic E-state index is 5.40. The molecule has 0 spiro atoms. The van der Waals surface area contributed by atoms with Crippen LogP contribution in [0.4, 0.5) is 0 Å². The average Bonchev–Trinajstić information content (AvgIpc) is 3.09. The number of thiazole rings is 1. The SMILES string of the molecule is COc1ccc(-c2nc(C[NH2+]C3CCCCCCC3)cs2)cc1OC. The fourth-order valence-electron chi connectivity index (χ4n) is 3.51. The van der Waals surface area contributed by atoms with E-state index in [1.54, 1.807) is 25.6 Å². The Kier molecular flexibility index (Phi) is 6.70. The molecule has 4 nitrogen and oxygen atoms in total. The molecule has 0 unspecified atom stereocenters. The first-order valence-electron chi connectivity index (χ1n) is 9.30. The number of hydrogen-bond acceptors (Lipinski definition) is 4. The maximum Gasteiger partial charge on any atom is 0.161 e. The number of quaternary nitrogens is 1. The van der Waals surface area contributed by atoms with Crippen LogP contribution in [0, 0.1) is 0 Å². The van der Waals surface area contributed by atoms with Gasteiger partial charge in [0.05, 0.1) is 20.3 Å². The summed E-state index contributed by atoms with van der Waals surface area (Å²) in [6.45, 7) is 0.981. The lowest BCUT2D eigenvalue weighted by atomic mass is 9.97. The summed E-state index contributed by atoms with van der Waals surface area (Å²) in [7, 11) is 3.32. The zero-order valence-corrected chi connectivity index (χ0v) is 16.1. The van der Waals surface area contributed by atoms with Gasteiger partial charge in [-0.25, -0.2) is 4.98 Å². The number of nitrogens with zero attached hydrogens (tertiary/aromatic N) is 1. The highest BCUT2D eigenvalue weighted by molar-refractivity contribution is 7.13. The molecule has 1 aliphatic carbocycles.